The van der Waals surface area contributed by atoms with Crippen molar-refractivity contribution in [1.82, 2.24) is 0 Å². The van der Waals surface area contributed by atoms with Crippen LogP contribution in [0.1, 0.15) is 27.2 Å². The highest BCUT2D eigenvalue weighted by molar-refractivity contribution is 7.41. The van der Waals surface area contributed by atoms with Gasteiger partial charge in [-0.2, -0.15) is 0 Å². The summed E-state index contributed by atoms with van der Waals surface area (Å²) in [6, 6.07) is 9.16. The molecule has 0 radical (unpaired) electrons. The van der Waals surface area contributed by atoms with E-state index >= 15 is 0 Å². The summed E-state index contributed by atoms with van der Waals surface area (Å²) >= 11 is 0. The molecule has 15 heavy (non-hydrogen) atoms. The molecule has 0 aliphatic rings. The maximum absolute atomic E-state index is 9.59. The van der Waals surface area contributed by atoms with Crippen LogP contribution in [-0.4, -0.2) is 10.5 Å². The Morgan fingerprint density at radius 1 is 1.27 bits per heavy atom. The van der Waals surface area contributed by atoms with Crippen molar-refractivity contribution in [3.05, 3.63) is 30.3 Å². The third-order valence-electron chi connectivity index (χ3n) is 2.10. The summed E-state index contributed by atoms with van der Waals surface area (Å²) < 4.78 is 10.6. The third kappa shape index (κ3) is 4.61. The fraction of sp³-hybridized carbons (Fsp3) is 0.455. The molecule has 0 saturated heterocycles. The largest absolute Gasteiger partial charge is 0.427 e. The third-order valence-corrected chi connectivity index (χ3v) is 3.12. The van der Waals surface area contributed by atoms with E-state index in [-0.39, 0.29) is 5.60 Å². The second kappa shape index (κ2) is 5.45. The smallest absolute Gasteiger partial charge is 0.394 e. The molecule has 0 aliphatic carbocycles. The fourth-order valence-corrected chi connectivity index (χ4v) is 1.76. The SMILES string of the molecule is CCC(C)(C)OP(O)Oc1ccccc1. The van der Waals surface area contributed by atoms with Gasteiger partial charge in [-0.25, -0.2) is 0 Å². The molecule has 1 aromatic rings. The molecule has 0 bridgehead atoms. The van der Waals surface area contributed by atoms with Crippen LogP contribution in [0, 0.1) is 0 Å². The van der Waals surface area contributed by atoms with Gasteiger partial charge in [0.2, 0.25) is 0 Å². The van der Waals surface area contributed by atoms with Gasteiger partial charge in [-0.15, -0.1) is 0 Å². The molecule has 0 saturated carbocycles. The average Bonchev–Trinajstić information content (AvgIpc) is 2.18. The minimum atomic E-state index is -1.85. The van der Waals surface area contributed by atoms with Crippen LogP contribution < -0.4 is 4.52 Å². The quantitative estimate of drug-likeness (QED) is 0.784. The molecule has 1 unspecified atom stereocenters. The molecule has 1 aromatic carbocycles. The number of hydrogen-bond donors (Lipinski definition) is 1. The van der Waals surface area contributed by atoms with E-state index in [9.17, 15) is 4.89 Å². The zero-order valence-electron chi connectivity index (χ0n) is 9.30. The van der Waals surface area contributed by atoms with Crippen LogP contribution in [0.5, 0.6) is 5.75 Å². The molecule has 3 nitrogen and oxygen atoms in total. The van der Waals surface area contributed by atoms with Crippen LogP contribution in [0.2, 0.25) is 0 Å². The van der Waals surface area contributed by atoms with Crippen molar-refractivity contribution in [1.29, 1.82) is 0 Å². The Kier molecular flexibility index (Phi) is 4.52. The van der Waals surface area contributed by atoms with Crippen molar-refractivity contribution in [3.8, 4) is 5.75 Å². The molecule has 0 spiro atoms. The molecule has 84 valence electrons. The Balaban J connectivity index is 2.46. The van der Waals surface area contributed by atoms with Crippen LogP contribution in [0.25, 0.3) is 0 Å². The van der Waals surface area contributed by atoms with E-state index in [4.69, 9.17) is 9.05 Å². The molecule has 0 aromatic heterocycles. The van der Waals surface area contributed by atoms with Crippen molar-refractivity contribution in [2.24, 2.45) is 0 Å². The maximum Gasteiger partial charge on any atom is 0.394 e. The molecule has 0 amide bonds. The lowest BCUT2D eigenvalue weighted by Gasteiger charge is -2.25. The van der Waals surface area contributed by atoms with Crippen LogP contribution in [0.3, 0.4) is 0 Å². The van der Waals surface area contributed by atoms with Crippen molar-refractivity contribution in [2.75, 3.05) is 0 Å². The summed E-state index contributed by atoms with van der Waals surface area (Å²) in [5, 5.41) is 0. The van der Waals surface area contributed by atoms with Gasteiger partial charge in [0, 0.05) is 0 Å². The molecular formula is C11H17O3P. The molecule has 0 heterocycles. The van der Waals surface area contributed by atoms with Crippen LogP contribution >= 0.6 is 8.60 Å². The van der Waals surface area contributed by atoms with Gasteiger partial charge in [0.05, 0.1) is 5.60 Å². The molecule has 1 N–H and O–H groups in total. The van der Waals surface area contributed by atoms with Gasteiger partial charge in [-0.1, -0.05) is 25.1 Å². The van der Waals surface area contributed by atoms with Gasteiger partial charge in [0.25, 0.3) is 0 Å². The lowest BCUT2D eigenvalue weighted by atomic mass is 10.1. The van der Waals surface area contributed by atoms with Gasteiger partial charge >= 0.3 is 8.60 Å². The minimum Gasteiger partial charge on any atom is -0.427 e. The lowest BCUT2D eigenvalue weighted by Crippen LogP contribution is -2.21. The predicted octanol–water partition coefficient (Wildman–Crippen LogP) is 3.49. The highest BCUT2D eigenvalue weighted by Crippen LogP contribution is 2.40. The number of para-hydroxylation sites is 1. The summed E-state index contributed by atoms with van der Waals surface area (Å²) in [5.74, 6) is 0.623. The van der Waals surface area contributed by atoms with Gasteiger partial charge < -0.3 is 9.42 Å². The maximum atomic E-state index is 9.59. The zero-order valence-corrected chi connectivity index (χ0v) is 10.2. The molecule has 0 fully saturated rings. The van der Waals surface area contributed by atoms with E-state index in [1.807, 2.05) is 39.0 Å². The molecular weight excluding hydrogens is 211 g/mol. The standard InChI is InChI=1S/C11H17O3P/c1-4-11(2,3)14-15(12)13-10-8-6-5-7-9-10/h5-9,12H,4H2,1-3H3. The monoisotopic (exact) mass is 228 g/mol. The first-order valence-electron chi connectivity index (χ1n) is 4.94. The summed E-state index contributed by atoms with van der Waals surface area (Å²) in [6.45, 7) is 5.85. The van der Waals surface area contributed by atoms with E-state index in [0.29, 0.717) is 5.75 Å². The highest BCUT2D eigenvalue weighted by atomic mass is 31.2. The first kappa shape index (κ1) is 12.4. The van der Waals surface area contributed by atoms with Crippen molar-refractivity contribution >= 4 is 8.60 Å². The summed E-state index contributed by atoms with van der Waals surface area (Å²) in [6.07, 6.45) is 0.824. The zero-order chi connectivity index (χ0) is 11.3. The van der Waals surface area contributed by atoms with Gasteiger partial charge in [0.1, 0.15) is 5.75 Å². The Morgan fingerprint density at radius 3 is 2.40 bits per heavy atom. The molecule has 1 atom stereocenters. The topological polar surface area (TPSA) is 38.7 Å². The van der Waals surface area contributed by atoms with Gasteiger partial charge in [0.15, 0.2) is 0 Å². The fourth-order valence-electron chi connectivity index (χ4n) is 0.866. The van der Waals surface area contributed by atoms with E-state index in [1.54, 1.807) is 12.1 Å². The number of hydrogen-bond acceptors (Lipinski definition) is 3. The number of benzene rings is 1. The van der Waals surface area contributed by atoms with Crippen LogP contribution in [0.4, 0.5) is 0 Å². The summed E-state index contributed by atoms with van der Waals surface area (Å²) in [5.41, 5.74) is -0.352. The predicted molar refractivity (Wildman–Crippen MR) is 61.7 cm³/mol. The van der Waals surface area contributed by atoms with E-state index in [0.717, 1.165) is 6.42 Å². The first-order valence-corrected chi connectivity index (χ1v) is 6.08. The average molecular weight is 228 g/mol. The van der Waals surface area contributed by atoms with Crippen molar-refractivity contribution < 1.29 is 13.9 Å². The molecule has 4 heteroatoms. The van der Waals surface area contributed by atoms with Crippen LogP contribution in [0.15, 0.2) is 30.3 Å². The Hall–Kier alpha value is -0.630. The van der Waals surface area contributed by atoms with Gasteiger partial charge in [-0.3, -0.25) is 4.52 Å². The highest BCUT2D eigenvalue weighted by Gasteiger charge is 2.23. The van der Waals surface area contributed by atoms with Gasteiger partial charge in [-0.05, 0) is 32.4 Å². The first-order chi connectivity index (χ1) is 7.03. The Bertz CT molecular complexity index is 287. The summed E-state index contributed by atoms with van der Waals surface area (Å²) in [7, 11) is -1.85. The van der Waals surface area contributed by atoms with E-state index in [1.165, 1.54) is 0 Å². The van der Waals surface area contributed by atoms with Crippen molar-refractivity contribution in [2.45, 2.75) is 32.8 Å². The van der Waals surface area contributed by atoms with E-state index < -0.39 is 8.60 Å². The molecule has 1 rings (SSSR count). The summed E-state index contributed by atoms with van der Waals surface area (Å²) in [4.78, 5) is 9.59. The second-order valence-electron chi connectivity index (χ2n) is 3.85. The lowest BCUT2D eigenvalue weighted by molar-refractivity contribution is 0.0894. The minimum absolute atomic E-state index is 0.352. The van der Waals surface area contributed by atoms with Crippen LogP contribution in [-0.2, 0) is 4.52 Å². The van der Waals surface area contributed by atoms with E-state index in [2.05, 4.69) is 0 Å². The Morgan fingerprint density at radius 2 is 1.87 bits per heavy atom. The van der Waals surface area contributed by atoms with Crippen molar-refractivity contribution in [3.63, 3.8) is 0 Å². The second-order valence-corrected chi connectivity index (χ2v) is 4.69. The molecule has 0 aliphatic heterocycles. The Labute approximate surface area is 92.0 Å². The normalized spacial score (nSPS) is 13.6. The number of rotatable bonds is 5.